The Balaban J connectivity index is 1.88. The highest BCUT2D eigenvalue weighted by molar-refractivity contribution is 7.86. The molecule has 92 valence electrons. The summed E-state index contributed by atoms with van der Waals surface area (Å²) in [5.74, 6) is 0. The molecular weight excluding hydrogens is 234 g/mol. The van der Waals surface area contributed by atoms with Gasteiger partial charge in [0.1, 0.15) is 0 Å². The molecule has 1 atom stereocenters. The van der Waals surface area contributed by atoms with Gasteiger partial charge in [-0.05, 0) is 19.3 Å². The van der Waals surface area contributed by atoms with Gasteiger partial charge < -0.3 is 10.0 Å². The van der Waals surface area contributed by atoms with Gasteiger partial charge in [0.05, 0.1) is 12.4 Å². The molecule has 1 aliphatic carbocycles. The minimum absolute atomic E-state index is 0.0340. The average Bonchev–Trinajstić information content (AvgIpc) is 2.42. The number of amides is 1. The van der Waals surface area contributed by atoms with Gasteiger partial charge in [-0.25, -0.2) is 4.79 Å². The fourth-order valence-corrected chi connectivity index (χ4v) is 3.33. The minimum atomic E-state index is -3.40. The molecule has 1 spiro atoms. The highest BCUT2D eigenvalue weighted by Crippen LogP contribution is 2.46. The zero-order valence-electron chi connectivity index (χ0n) is 9.05. The lowest BCUT2D eigenvalue weighted by atomic mass is 9.78. The van der Waals surface area contributed by atoms with E-state index in [0.717, 1.165) is 12.7 Å². The molecule has 0 aromatic heterocycles. The summed E-state index contributed by atoms with van der Waals surface area (Å²) in [7, 11) is -3.40. The Morgan fingerprint density at radius 1 is 1.50 bits per heavy atom. The number of likely N-dealkylation sites (tertiary alicyclic amines) is 1. The van der Waals surface area contributed by atoms with Crippen molar-refractivity contribution in [2.75, 3.05) is 19.3 Å². The van der Waals surface area contributed by atoms with Crippen molar-refractivity contribution in [3.05, 3.63) is 0 Å². The fraction of sp³-hybridized carbons (Fsp3) is 0.889. The summed E-state index contributed by atoms with van der Waals surface area (Å²) in [5, 5.41) is 8.73. The van der Waals surface area contributed by atoms with E-state index in [-0.39, 0.29) is 11.5 Å². The Bertz CT molecular complexity index is 398. The Kier molecular flexibility index (Phi) is 2.62. The third kappa shape index (κ3) is 2.30. The molecule has 6 nitrogen and oxygen atoms in total. The van der Waals surface area contributed by atoms with E-state index in [2.05, 4.69) is 0 Å². The number of carboxylic acid groups (broad SMARTS) is 1. The predicted octanol–water partition coefficient (Wildman–Crippen LogP) is 0.495. The summed E-state index contributed by atoms with van der Waals surface area (Å²) >= 11 is 0. The topological polar surface area (TPSA) is 83.9 Å². The second kappa shape index (κ2) is 3.59. The normalized spacial score (nSPS) is 28.1. The summed E-state index contributed by atoms with van der Waals surface area (Å²) in [6, 6.07) is 0. The van der Waals surface area contributed by atoms with Gasteiger partial charge >= 0.3 is 6.09 Å². The van der Waals surface area contributed by atoms with Gasteiger partial charge in [-0.3, -0.25) is 4.18 Å². The van der Waals surface area contributed by atoms with E-state index in [1.54, 1.807) is 0 Å². The molecule has 1 unspecified atom stereocenters. The molecule has 1 heterocycles. The van der Waals surface area contributed by atoms with Crippen molar-refractivity contribution in [1.82, 2.24) is 4.90 Å². The van der Waals surface area contributed by atoms with Gasteiger partial charge in [-0.1, -0.05) is 0 Å². The van der Waals surface area contributed by atoms with Crippen molar-refractivity contribution >= 4 is 16.2 Å². The lowest BCUT2D eigenvalue weighted by Gasteiger charge is -2.46. The Labute approximate surface area is 94.3 Å². The molecular formula is C9H15NO5S. The Morgan fingerprint density at radius 2 is 2.12 bits per heavy atom. The quantitative estimate of drug-likeness (QED) is 0.720. The smallest absolute Gasteiger partial charge is 0.407 e. The largest absolute Gasteiger partial charge is 0.465 e. The molecule has 16 heavy (non-hydrogen) atoms. The van der Waals surface area contributed by atoms with E-state index in [9.17, 15) is 13.2 Å². The van der Waals surface area contributed by atoms with Gasteiger partial charge in [0.15, 0.2) is 0 Å². The number of hydrogen-bond acceptors (Lipinski definition) is 4. The standard InChI is InChI=1S/C9H15NO5S/c1-16(13,14)15-7-2-3-9(4-7)5-10(6-9)8(11)12/h7H,2-6H2,1H3,(H,11,12). The highest BCUT2D eigenvalue weighted by Gasteiger charge is 2.50. The lowest BCUT2D eigenvalue weighted by Crippen LogP contribution is -2.57. The number of rotatable bonds is 2. The first-order valence-electron chi connectivity index (χ1n) is 5.16. The number of carbonyl (C=O) groups is 1. The Hall–Kier alpha value is -0.820. The van der Waals surface area contributed by atoms with Crippen molar-refractivity contribution < 1.29 is 22.5 Å². The van der Waals surface area contributed by atoms with Crippen LogP contribution in [0.1, 0.15) is 19.3 Å². The minimum Gasteiger partial charge on any atom is -0.465 e. The summed E-state index contributed by atoms with van der Waals surface area (Å²) in [6.07, 6.45) is 2.05. The van der Waals surface area contributed by atoms with E-state index in [0.29, 0.717) is 25.9 Å². The Morgan fingerprint density at radius 3 is 2.62 bits per heavy atom. The van der Waals surface area contributed by atoms with Gasteiger partial charge in [0.2, 0.25) is 0 Å². The maximum Gasteiger partial charge on any atom is 0.407 e. The molecule has 1 amide bonds. The van der Waals surface area contributed by atoms with E-state index < -0.39 is 16.2 Å². The summed E-state index contributed by atoms with van der Waals surface area (Å²) in [5.41, 5.74) is -0.0340. The van der Waals surface area contributed by atoms with Gasteiger partial charge in [0.25, 0.3) is 10.1 Å². The summed E-state index contributed by atoms with van der Waals surface area (Å²) in [6.45, 7) is 1.01. The molecule has 0 aromatic rings. The van der Waals surface area contributed by atoms with E-state index >= 15 is 0 Å². The van der Waals surface area contributed by atoms with Gasteiger partial charge in [0, 0.05) is 18.5 Å². The second-order valence-electron chi connectivity index (χ2n) is 4.80. The van der Waals surface area contributed by atoms with Crippen LogP contribution in [0.3, 0.4) is 0 Å². The molecule has 1 saturated heterocycles. The van der Waals surface area contributed by atoms with Crippen LogP contribution >= 0.6 is 0 Å². The third-order valence-corrected chi connectivity index (χ3v) is 3.91. The van der Waals surface area contributed by atoms with Crippen molar-refractivity contribution in [3.8, 4) is 0 Å². The zero-order valence-corrected chi connectivity index (χ0v) is 9.87. The van der Waals surface area contributed by atoms with Crippen molar-refractivity contribution in [1.29, 1.82) is 0 Å². The van der Waals surface area contributed by atoms with Crippen LogP contribution in [0.15, 0.2) is 0 Å². The third-order valence-electron chi connectivity index (χ3n) is 3.29. The van der Waals surface area contributed by atoms with Crippen molar-refractivity contribution in [3.63, 3.8) is 0 Å². The predicted molar refractivity (Wildman–Crippen MR) is 55.6 cm³/mol. The monoisotopic (exact) mass is 249 g/mol. The molecule has 2 aliphatic rings. The van der Waals surface area contributed by atoms with Crippen LogP contribution < -0.4 is 0 Å². The molecule has 2 rings (SSSR count). The average molecular weight is 249 g/mol. The first-order valence-corrected chi connectivity index (χ1v) is 6.97. The van der Waals surface area contributed by atoms with Crippen LogP contribution in [0, 0.1) is 5.41 Å². The van der Waals surface area contributed by atoms with E-state index in [1.807, 2.05) is 0 Å². The van der Waals surface area contributed by atoms with Crippen LogP contribution in [0.4, 0.5) is 4.79 Å². The molecule has 0 radical (unpaired) electrons. The van der Waals surface area contributed by atoms with Gasteiger partial charge in [-0.2, -0.15) is 8.42 Å². The number of nitrogens with zero attached hydrogens (tertiary/aromatic N) is 1. The van der Waals surface area contributed by atoms with Crippen LogP contribution in [0.2, 0.25) is 0 Å². The second-order valence-corrected chi connectivity index (χ2v) is 6.40. The van der Waals surface area contributed by atoms with Crippen LogP contribution in [0.25, 0.3) is 0 Å². The fourth-order valence-electron chi connectivity index (χ4n) is 2.67. The molecule has 1 aliphatic heterocycles. The van der Waals surface area contributed by atoms with E-state index in [4.69, 9.17) is 9.29 Å². The molecule has 2 fully saturated rings. The maximum atomic E-state index is 11.0. The molecule has 0 bridgehead atoms. The molecule has 1 saturated carbocycles. The highest BCUT2D eigenvalue weighted by atomic mass is 32.2. The van der Waals surface area contributed by atoms with Crippen LogP contribution in [0.5, 0.6) is 0 Å². The SMILES string of the molecule is CS(=O)(=O)OC1CCC2(C1)CN(C(=O)O)C2. The van der Waals surface area contributed by atoms with Crippen LogP contribution in [-0.2, 0) is 14.3 Å². The summed E-state index contributed by atoms with van der Waals surface area (Å²) < 4.78 is 26.8. The first-order chi connectivity index (χ1) is 7.30. The van der Waals surface area contributed by atoms with Crippen LogP contribution in [-0.4, -0.2) is 50.0 Å². The van der Waals surface area contributed by atoms with Crippen molar-refractivity contribution in [2.45, 2.75) is 25.4 Å². The number of hydrogen-bond donors (Lipinski definition) is 1. The lowest BCUT2D eigenvalue weighted by molar-refractivity contribution is 0.00832. The molecule has 7 heteroatoms. The first kappa shape index (κ1) is 11.7. The van der Waals surface area contributed by atoms with Crippen molar-refractivity contribution in [2.24, 2.45) is 5.41 Å². The molecule has 0 aromatic carbocycles. The van der Waals surface area contributed by atoms with Gasteiger partial charge in [-0.15, -0.1) is 0 Å². The zero-order chi connectivity index (χ0) is 12.0. The maximum absolute atomic E-state index is 11.0. The molecule has 1 N–H and O–H groups in total. The van der Waals surface area contributed by atoms with E-state index in [1.165, 1.54) is 4.90 Å². The summed E-state index contributed by atoms with van der Waals surface area (Å²) in [4.78, 5) is 12.0.